The fraction of sp³-hybridized carbons (Fsp3) is 0.889. The smallest absolute Gasteiger partial charge is 0.409 e. The van der Waals surface area contributed by atoms with E-state index in [9.17, 15) is 4.79 Å². The molecule has 0 aromatic rings. The molecule has 1 fully saturated rings. The van der Waals surface area contributed by atoms with Crippen LogP contribution in [0.4, 0.5) is 4.79 Å². The van der Waals surface area contributed by atoms with Gasteiger partial charge in [-0.1, -0.05) is 0 Å². The molecule has 0 radical (unpaired) electrons. The SMILES string of the molecule is CCOC(=O)N1CCCC[C@H]1C. The lowest BCUT2D eigenvalue weighted by Gasteiger charge is -2.32. The minimum absolute atomic E-state index is 0.148. The summed E-state index contributed by atoms with van der Waals surface area (Å²) in [4.78, 5) is 13.1. The molecule has 1 heterocycles. The maximum atomic E-state index is 11.3. The Labute approximate surface area is 73.7 Å². The van der Waals surface area contributed by atoms with E-state index in [2.05, 4.69) is 6.92 Å². The van der Waals surface area contributed by atoms with Crippen molar-refractivity contribution in [2.24, 2.45) is 0 Å². The van der Waals surface area contributed by atoms with Crippen LogP contribution in [0, 0.1) is 0 Å². The molecule has 1 aliphatic rings. The summed E-state index contributed by atoms with van der Waals surface area (Å²) in [5.74, 6) is 0. The van der Waals surface area contributed by atoms with Gasteiger partial charge in [0.15, 0.2) is 0 Å². The lowest BCUT2D eigenvalue weighted by atomic mass is 10.0. The number of nitrogens with zero attached hydrogens (tertiary/aromatic N) is 1. The molecule has 3 heteroatoms. The molecule has 0 aromatic carbocycles. The van der Waals surface area contributed by atoms with Gasteiger partial charge in [-0.05, 0) is 33.1 Å². The first kappa shape index (κ1) is 9.36. The van der Waals surface area contributed by atoms with Gasteiger partial charge in [-0.3, -0.25) is 0 Å². The predicted octanol–water partition coefficient (Wildman–Crippen LogP) is 2.02. The molecule has 70 valence electrons. The van der Waals surface area contributed by atoms with Gasteiger partial charge in [-0.2, -0.15) is 0 Å². The number of hydrogen-bond donors (Lipinski definition) is 0. The van der Waals surface area contributed by atoms with Gasteiger partial charge in [-0.25, -0.2) is 4.79 Å². The van der Waals surface area contributed by atoms with Crippen molar-refractivity contribution >= 4 is 6.09 Å². The van der Waals surface area contributed by atoms with Crippen LogP contribution in [0.2, 0.25) is 0 Å². The summed E-state index contributed by atoms with van der Waals surface area (Å²) in [5, 5.41) is 0. The van der Waals surface area contributed by atoms with Crippen LogP contribution in [0.1, 0.15) is 33.1 Å². The van der Waals surface area contributed by atoms with Gasteiger partial charge in [0.1, 0.15) is 0 Å². The van der Waals surface area contributed by atoms with Gasteiger partial charge < -0.3 is 9.64 Å². The summed E-state index contributed by atoms with van der Waals surface area (Å²) in [6.45, 7) is 5.25. The zero-order valence-electron chi connectivity index (χ0n) is 7.88. The lowest BCUT2D eigenvalue weighted by Crippen LogP contribution is -2.42. The zero-order valence-corrected chi connectivity index (χ0v) is 7.88. The highest BCUT2D eigenvalue weighted by Crippen LogP contribution is 2.16. The third kappa shape index (κ3) is 2.13. The van der Waals surface area contributed by atoms with Crippen LogP contribution in [0.25, 0.3) is 0 Å². The summed E-state index contributed by atoms with van der Waals surface area (Å²) in [5.41, 5.74) is 0. The Morgan fingerprint density at radius 1 is 1.58 bits per heavy atom. The molecule has 1 rings (SSSR count). The Morgan fingerprint density at radius 3 is 2.92 bits per heavy atom. The van der Waals surface area contributed by atoms with Gasteiger partial charge in [0, 0.05) is 12.6 Å². The highest BCUT2D eigenvalue weighted by molar-refractivity contribution is 5.68. The fourth-order valence-electron chi connectivity index (χ4n) is 1.58. The molecule has 12 heavy (non-hydrogen) atoms. The van der Waals surface area contributed by atoms with E-state index in [1.165, 1.54) is 6.42 Å². The second kappa shape index (κ2) is 4.33. The van der Waals surface area contributed by atoms with Crippen molar-refractivity contribution in [3.8, 4) is 0 Å². The molecule has 3 nitrogen and oxygen atoms in total. The topological polar surface area (TPSA) is 29.5 Å². The van der Waals surface area contributed by atoms with Crippen molar-refractivity contribution < 1.29 is 9.53 Å². The summed E-state index contributed by atoms with van der Waals surface area (Å²) < 4.78 is 4.94. The van der Waals surface area contributed by atoms with Crippen LogP contribution in [-0.2, 0) is 4.74 Å². The minimum atomic E-state index is -0.148. The number of likely N-dealkylation sites (tertiary alicyclic amines) is 1. The Balaban J connectivity index is 2.42. The quantitative estimate of drug-likeness (QED) is 0.604. The summed E-state index contributed by atoms with van der Waals surface area (Å²) in [6, 6.07) is 0.359. The Morgan fingerprint density at radius 2 is 2.33 bits per heavy atom. The van der Waals surface area contributed by atoms with E-state index >= 15 is 0 Å². The highest BCUT2D eigenvalue weighted by atomic mass is 16.6. The largest absolute Gasteiger partial charge is 0.450 e. The lowest BCUT2D eigenvalue weighted by molar-refractivity contribution is 0.0812. The Hall–Kier alpha value is -0.730. The molecule has 0 aromatic heterocycles. The molecule has 1 saturated heterocycles. The first-order chi connectivity index (χ1) is 5.75. The van der Waals surface area contributed by atoms with Crippen molar-refractivity contribution in [3.63, 3.8) is 0 Å². The van der Waals surface area contributed by atoms with E-state index in [0.717, 1.165) is 19.4 Å². The van der Waals surface area contributed by atoms with Crippen LogP contribution in [0.3, 0.4) is 0 Å². The van der Waals surface area contributed by atoms with Crippen molar-refractivity contribution in [2.75, 3.05) is 13.2 Å². The molecule has 0 spiro atoms. The van der Waals surface area contributed by atoms with Gasteiger partial charge in [0.2, 0.25) is 0 Å². The molecule has 0 bridgehead atoms. The molecule has 1 amide bonds. The normalized spacial score (nSPS) is 23.8. The van der Waals surface area contributed by atoms with E-state index in [1.54, 1.807) is 0 Å². The van der Waals surface area contributed by atoms with Gasteiger partial charge in [0.25, 0.3) is 0 Å². The van der Waals surface area contributed by atoms with Crippen molar-refractivity contribution in [1.29, 1.82) is 0 Å². The number of amides is 1. The van der Waals surface area contributed by atoms with Gasteiger partial charge >= 0.3 is 6.09 Å². The maximum Gasteiger partial charge on any atom is 0.409 e. The second-order valence-electron chi connectivity index (χ2n) is 3.24. The van der Waals surface area contributed by atoms with Gasteiger partial charge in [-0.15, -0.1) is 0 Å². The van der Waals surface area contributed by atoms with Gasteiger partial charge in [0.05, 0.1) is 6.61 Å². The molecule has 0 aliphatic carbocycles. The fourth-order valence-corrected chi connectivity index (χ4v) is 1.58. The second-order valence-corrected chi connectivity index (χ2v) is 3.24. The summed E-state index contributed by atoms with van der Waals surface area (Å²) in [6.07, 6.45) is 3.31. The van der Waals surface area contributed by atoms with Crippen molar-refractivity contribution in [2.45, 2.75) is 39.2 Å². The first-order valence-corrected chi connectivity index (χ1v) is 4.69. The average Bonchev–Trinajstić information content (AvgIpc) is 2.05. The van der Waals surface area contributed by atoms with Crippen molar-refractivity contribution in [3.05, 3.63) is 0 Å². The number of rotatable bonds is 1. The van der Waals surface area contributed by atoms with E-state index in [-0.39, 0.29) is 6.09 Å². The van der Waals surface area contributed by atoms with Crippen LogP contribution in [0.15, 0.2) is 0 Å². The van der Waals surface area contributed by atoms with Crippen LogP contribution >= 0.6 is 0 Å². The zero-order chi connectivity index (χ0) is 8.97. The third-order valence-electron chi connectivity index (χ3n) is 2.31. The van der Waals surface area contributed by atoms with E-state index in [1.807, 2.05) is 11.8 Å². The molecular weight excluding hydrogens is 154 g/mol. The summed E-state index contributed by atoms with van der Waals surface area (Å²) >= 11 is 0. The monoisotopic (exact) mass is 171 g/mol. The van der Waals surface area contributed by atoms with Crippen LogP contribution < -0.4 is 0 Å². The number of carbonyl (C=O) groups is 1. The number of hydrogen-bond acceptors (Lipinski definition) is 2. The minimum Gasteiger partial charge on any atom is -0.450 e. The average molecular weight is 171 g/mol. The molecule has 0 N–H and O–H groups in total. The molecular formula is C9H17NO2. The number of piperidine rings is 1. The Bertz CT molecular complexity index is 159. The summed E-state index contributed by atoms with van der Waals surface area (Å²) in [7, 11) is 0. The van der Waals surface area contributed by atoms with E-state index in [4.69, 9.17) is 4.74 Å². The van der Waals surface area contributed by atoms with Crippen LogP contribution in [-0.4, -0.2) is 30.2 Å². The Kier molecular flexibility index (Phi) is 3.38. The number of carbonyl (C=O) groups excluding carboxylic acids is 1. The first-order valence-electron chi connectivity index (χ1n) is 4.69. The van der Waals surface area contributed by atoms with Crippen molar-refractivity contribution in [1.82, 2.24) is 4.90 Å². The molecule has 0 unspecified atom stereocenters. The van der Waals surface area contributed by atoms with E-state index < -0.39 is 0 Å². The van der Waals surface area contributed by atoms with E-state index in [0.29, 0.717) is 12.6 Å². The molecule has 0 saturated carbocycles. The number of ether oxygens (including phenoxy) is 1. The van der Waals surface area contributed by atoms with Crippen LogP contribution in [0.5, 0.6) is 0 Å². The highest BCUT2D eigenvalue weighted by Gasteiger charge is 2.23. The molecule has 1 atom stereocenters. The standard InChI is InChI=1S/C9H17NO2/c1-3-12-9(11)10-7-5-4-6-8(10)2/h8H,3-7H2,1-2H3/t8-/m1/s1. The third-order valence-corrected chi connectivity index (χ3v) is 2.31. The molecule has 1 aliphatic heterocycles. The maximum absolute atomic E-state index is 11.3. The predicted molar refractivity (Wildman–Crippen MR) is 47.0 cm³/mol.